The van der Waals surface area contributed by atoms with Crippen molar-refractivity contribution in [3.05, 3.63) is 380 Å². The molecule has 0 amide bonds. The molecule has 0 radical (unpaired) electrons. The van der Waals surface area contributed by atoms with Gasteiger partial charge in [-0.3, -0.25) is 9.13 Å². The Kier molecular flexibility index (Phi) is 15.3. The van der Waals surface area contributed by atoms with E-state index in [1.807, 2.05) is 0 Å². The summed E-state index contributed by atoms with van der Waals surface area (Å²) in [5.41, 5.74) is 26.0. The highest BCUT2D eigenvalue weighted by molar-refractivity contribution is 6.98. The van der Waals surface area contributed by atoms with E-state index in [2.05, 4.69) is 423 Å². The van der Waals surface area contributed by atoms with Gasteiger partial charge in [-0.15, -0.1) is 0 Å². The van der Waals surface area contributed by atoms with Gasteiger partial charge in [0.15, 0.2) is 17.5 Å². The molecule has 0 aliphatic carbocycles. The Morgan fingerprint density at radius 2 is 0.711 bits per heavy atom. The molecule has 21 aromatic rings. The van der Waals surface area contributed by atoms with Crippen molar-refractivity contribution in [2.75, 3.05) is 4.90 Å². The molecule has 0 spiro atoms. The van der Waals surface area contributed by atoms with E-state index in [-0.39, 0.29) is 17.5 Å². The monoisotopic (exact) mass is 1560 g/mol. The van der Waals surface area contributed by atoms with Crippen LogP contribution in [0.3, 0.4) is 0 Å². The van der Waals surface area contributed by atoms with E-state index in [1.165, 1.54) is 22.3 Å². The van der Waals surface area contributed by atoms with Crippen LogP contribution in [0.2, 0.25) is 0 Å². The minimum absolute atomic E-state index is 0.116. The first-order valence-corrected chi connectivity index (χ1v) is 42.0. The topological polar surface area (TPSA) is 80.1 Å². The molecule has 3 aliphatic heterocycles. The zero-order chi connectivity index (χ0) is 80.9. The SMILES string of the molecule is CC(C)(C)c1ccc2c(c1)B1c3cc(C(C)(C)Cc4cccc(-c5cc(-c6c(-n7c8ccccc8c8ccccc87)c(-n7c8ccccc8c8ccccc87)nc(-n7c8ccccc8c8ccccc87)c6-n6c7ccccc7c7ccccc76)nc(-c6ccccc6)n5)c4)ccc3Oc3cc(N4c5ccccc5C(C)(C)c5ccccc54)cc(c31)O2. The zero-order valence-electron chi connectivity index (χ0n) is 68.2. The molecule has 0 atom stereocenters. The van der Waals surface area contributed by atoms with Crippen LogP contribution in [-0.2, 0) is 22.7 Å². The van der Waals surface area contributed by atoms with Crippen LogP contribution >= 0.6 is 0 Å². The highest BCUT2D eigenvalue weighted by Crippen LogP contribution is 2.55. The zero-order valence-corrected chi connectivity index (χ0v) is 68.2. The Hall–Kier alpha value is -14.8. The summed E-state index contributed by atoms with van der Waals surface area (Å²) in [5, 5.41) is 8.95. The second kappa shape index (κ2) is 26.3. The second-order valence-corrected chi connectivity index (χ2v) is 35.1. The van der Waals surface area contributed by atoms with Crippen LogP contribution in [0.1, 0.15) is 76.3 Å². The Balaban J connectivity index is 0.733. The lowest BCUT2D eigenvalue weighted by atomic mass is 9.34. The van der Waals surface area contributed by atoms with E-state index in [0.29, 0.717) is 17.9 Å². The van der Waals surface area contributed by atoms with Crippen LogP contribution in [0.25, 0.3) is 144 Å². The van der Waals surface area contributed by atoms with Gasteiger partial charge in [0.1, 0.15) is 34.4 Å². The van der Waals surface area contributed by atoms with Crippen LogP contribution in [-0.4, -0.2) is 39.9 Å². The van der Waals surface area contributed by atoms with Crippen LogP contribution < -0.4 is 30.8 Å². The molecular weight excluding hydrogens is 1480 g/mol. The summed E-state index contributed by atoms with van der Waals surface area (Å²) in [6.07, 6.45) is 0.702. The lowest BCUT2D eigenvalue weighted by molar-refractivity contribution is 0.463. The van der Waals surface area contributed by atoms with E-state index in [0.717, 1.165) is 195 Å². The van der Waals surface area contributed by atoms with Crippen molar-refractivity contribution >= 4 is 127 Å². The van der Waals surface area contributed by atoms with Crippen molar-refractivity contribution in [2.24, 2.45) is 0 Å². The van der Waals surface area contributed by atoms with Crippen molar-refractivity contribution in [3.63, 3.8) is 0 Å². The van der Waals surface area contributed by atoms with E-state index in [9.17, 15) is 0 Å². The molecule has 576 valence electrons. The van der Waals surface area contributed by atoms with Crippen LogP contribution in [0, 0.1) is 0 Å². The Labute approximate surface area is 701 Å². The van der Waals surface area contributed by atoms with Gasteiger partial charge in [0, 0.05) is 77.2 Å². The van der Waals surface area contributed by atoms with Gasteiger partial charge in [-0.25, -0.2) is 15.0 Å². The lowest BCUT2D eigenvalue weighted by Crippen LogP contribution is -2.58. The molecule has 0 N–H and O–H groups in total. The first-order chi connectivity index (χ1) is 59.2. The minimum Gasteiger partial charge on any atom is -0.458 e. The van der Waals surface area contributed by atoms with Gasteiger partial charge >= 0.3 is 0 Å². The fraction of sp³-hybridized carbons (Fsp3) is 0.100. The van der Waals surface area contributed by atoms with Gasteiger partial charge in [0.05, 0.1) is 78.1 Å². The third kappa shape index (κ3) is 10.7. The van der Waals surface area contributed by atoms with Gasteiger partial charge in [-0.2, -0.15) is 0 Å². The number of rotatable bonds is 11. The molecule has 24 rings (SSSR count). The third-order valence-electron chi connectivity index (χ3n) is 26.2. The van der Waals surface area contributed by atoms with Gasteiger partial charge in [-0.1, -0.05) is 303 Å². The van der Waals surface area contributed by atoms with E-state index in [1.54, 1.807) is 0 Å². The van der Waals surface area contributed by atoms with Gasteiger partial charge < -0.3 is 23.5 Å². The number of anilines is 3. The maximum absolute atomic E-state index is 7.34. The van der Waals surface area contributed by atoms with Crippen LogP contribution in [0.5, 0.6) is 23.0 Å². The Morgan fingerprint density at radius 1 is 0.331 bits per heavy atom. The summed E-state index contributed by atoms with van der Waals surface area (Å²) < 4.78 is 24.4. The number of fused-ring (bicyclic) bond motifs is 18. The molecule has 9 heterocycles. The van der Waals surface area contributed by atoms with E-state index < -0.39 is 5.41 Å². The second-order valence-electron chi connectivity index (χ2n) is 35.1. The largest absolute Gasteiger partial charge is 0.458 e. The molecule has 0 saturated carbocycles. The Morgan fingerprint density at radius 3 is 1.16 bits per heavy atom. The quantitative estimate of drug-likeness (QED) is 0.120. The first kappa shape index (κ1) is 70.4. The van der Waals surface area contributed by atoms with E-state index >= 15 is 0 Å². The van der Waals surface area contributed by atoms with Gasteiger partial charge in [0.2, 0.25) is 0 Å². The number of ether oxygens (including phenoxy) is 2. The molecule has 0 unspecified atom stereocenters. The average molecular weight is 1560 g/mol. The summed E-state index contributed by atoms with van der Waals surface area (Å²) in [4.78, 5) is 20.9. The predicted octanol–water partition coefficient (Wildman–Crippen LogP) is 25.9. The van der Waals surface area contributed by atoms with Crippen molar-refractivity contribution in [1.82, 2.24) is 33.2 Å². The predicted molar refractivity (Wildman–Crippen MR) is 500 cm³/mol. The number of para-hydroxylation sites is 10. The molecule has 3 aliphatic rings. The maximum Gasteiger partial charge on any atom is 0.260 e. The summed E-state index contributed by atoms with van der Waals surface area (Å²) in [5.74, 6) is 5.33. The number of nitrogens with zero attached hydrogens (tertiary/aromatic N) is 8. The summed E-state index contributed by atoms with van der Waals surface area (Å²) in [6, 6.07) is 129. The highest BCUT2D eigenvalue weighted by Gasteiger charge is 2.45. The van der Waals surface area contributed by atoms with E-state index in [4.69, 9.17) is 24.4 Å². The third-order valence-corrected chi connectivity index (χ3v) is 26.2. The normalized spacial score (nSPS) is 13.4. The fourth-order valence-corrected chi connectivity index (χ4v) is 20.5. The molecular formula is C110H81BN8O2. The van der Waals surface area contributed by atoms with Crippen molar-refractivity contribution in [2.45, 2.75) is 71.1 Å². The summed E-state index contributed by atoms with van der Waals surface area (Å²) >= 11 is 0. The number of pyridine rings is 1. The number of aromatic nitrogens is 7. The van der Waals surface area contributed by atoms with Crippen molar-refractivity contribution in [3.8, 4) is 79.9 Å². The lowest BCUT2D eigenvalue weighted by Gasteiger charge is -2.42. The summed E-state index contributed by atoms with van der Waals surface area (Å²) in [6.45, 7) is 16.1. The molecule has 0 fully saturated rings. The minimum atomic E-state index is -0.408. The van der Waals surface area contributed by atoms with Gasteiger partial charge in [0.25, 0.3) is 6.71 Å². The number of benzene rings is 15. The first-order valence-electron chi connectivity index (χ1n) is 42.0. The molecule has 10 nitrogen and oxygen atoms in total. The smallest absolute Gasteiger partial charge is 0.260 e. The average Bonchev–Trinajstić information content (AvgIpc) is 1.65. The highest BCUT2D eigenvalue weighted by atomic mass is 16.5. The molecule has 6 aromatic heterocycles. The van der Waals surface area contributed by atoms with Crippen LogP contribution in [0.15, 0.2) is 352 Å². The van der Waals surface area contributed by atoms with Crippen LogP contribution in [0.4, 0.5) is 17.1 Å². The molecule has 15 aromatic carbocycles. The maximum atomic E-state index is 7.34. The van der Waals surface area contributed by atoms with Gasteiger partial charge in [-0.05, 0) is 141 Å². The molecule has 121 heavy (non-hydrogen) atoms. The Bertz CT molecular complexity index is 7440. The molecule has 0 bridgehead atoms. The fourth-order valence-electron chi connectivity index (χ4n) is 20.5. The molecule has 11 heteroatoms. The number of hydrogen-bond donors (Lipinski definition) is 0. The van der Waals surface area contributed by atoms with Crippen molar-refractivity contribution < 1.29 is 9.47 Å². The molecule has 0 saturated heterocycles. The van der Waals surface area contributed by atoms with Crippen molar-refractivity contribution in [1.29, 1.82) is 0 Å². The standard InChI is InChI=1S/C110H81BN8O2/c1-108(2,3)70-56-58-97-83(61-70)111-84-62-71(57-59-98(84)121-100-64-72(63-99(120-97)102(100)111)115-95-54-29-19-44-81(95)110(6,7)82-45-20-30-55-96(82)115)109(4,5)66-67-32-31-35-69(60-67)85-65-86(113-105(112-85)68-33-9-8-10-34-68)101-103(116-87-46-21-11-36-73(87)74-37-12-22-47-88(74)116)106(118-91-50-25-15-40-77(91)78-41-16-26-51-92(78)118)114-107(119-93-52-27-17-42-79(93)80-43-18-28-53-94(80)119)104(101)117-89-48-23-13-38-75(89)76-39-14-24-49-90(76)117/h8-65H,66H2,1-7H3. The summed E-state index contributed by atoms with van der Waals surface area (Å²) in [7, 11) is 0. The number of hydrogen-bond acceptors (Lipinski definition) is 6.